The van der Waals surface area contributed by atoms with Crippen LogP contribution in [0.3, 0.4) is 0 Å². The lowest BCUT2D eigenvalue weighted by atomic mass is 9.97. The van der Waals surface area contributed by atoms with E-state index in [1.54, 1.807) is 49.9 Å². The van der Waals surface area contributed by atoms with Crippen LogP contribution in [0, 0.1) is 0 Å². The Balaban J connectivity index is 1.42. The topological polar surface area (TPSA) is 111 Å². The van der Waals surface area contributed by atoms with E-state index in [-0.39, 0.29) is 25.0 Å². The average molecular weight is 645 g/mol. The molecule has 0 saturated carbocycles. The molecule has 0 bridgehead atoms. The number of carbonyl (C=O) groups is 2. The van der Waals surface area contributed by atoms with Crippen molar-refractivity contribution in [3.63, 3.8) is 0 Å². The summed E-state index contributed by atoms with van der Waals surface area (Å²) in [5, 5.41) is 5.62. The van der Waals surface area contributed by atoms with E-state index < -0.39 is 33.7 Å². The van der Waals surface area contributed by atoms with Gasteiger partial charge in [-0.15, -0.1) is 0 Å². The number of benzene rings is 4. The molecule has 0 heterocycles. The summed E-state index contributed by atoms with van der Waals surface area (Å²) in [7, 11) is -0.861. The van der Waals surface area contributed by atoms with Crippen molar-refractivity contribution in [3.05, 3.63) is 113 Å². The molecular formula is C35H36N2O6S2. The monoisotopic (exact) mass is 644 g/mol. The van der Waals surface area contributed by atoms with E-state index in [1.807, 2.05) is 36.4 Å². The van der Waals surface area contributed by atoms with Gasteiger partial charge in [0.2, 0.25) is 5.91 Å². The molecule has 234 valence electrons. The molecule has 3 unspecified atom stereocenters. The smallest absolute Gasteiger partial charge is 0.407 e. The Morgan fingerprint density at radius 1 is 0.822 bits per heavy atom. The summed E-state index contributed by atoms with van der Waals surface area (Å²) < 4.78 is 36.4. The minimum absolute atomic E-state index is 0.0922. The molecule has 45 heavy (non-hydrogen) atoms. The van der Waals surface area contributed by atoms with Crippen LogP contribution in [-0.2, 0) is 31.1 Å². The first kappa shape index (κ1) is 32.1. The standard InChI is InChI=1S/C35H36N2O6S2/c1-36-33(38)13-8-20-42-32-21-25(45(3)41)18-19-30(32)34(23-14-16-24(17-15-23)44(2)40)37-35(39)43-22-31-28-11-6-4-9-26(28)27-10-5-7-12-29(27)31/h4-7,9-12,14-19,21,31,34H,8,13,20,22H2,1-3H3,(H,36,38)(H,37,39). The summed E-state index contributed by atoms with van der Waals surface area (Å²) >= 11 is 0. The molecular weight excluding hydrogens is 609 g/mol. The van der Waals surface area contributed by atoms with E-state index in [1.165, 1.54) is 0 Å². The summed E-state index contributed by atoms with van der Waals surface area (Å²) in [5.74, 6) is 0.246. The number of amides is 2. The van der Waals surface area contributed by atoms with Crippen molar-refractivity contribution in [2.24, 2.45) is 0 Å². The first-order chi connectivity index (χ1) is 21.8. The van der Waals surface area contributed by atoms with Crippen molar-refractivity contribution < 1.29 is 27.5 Å². The molecule has 3 atom stereocenters. The van der Waals surface area contributed by atoms with Crippen molar-refractivity contribution in [1.82, 2.24) is 10.6 Å². The van der Waals surface area contributed by atoms with E-state index in [2.05, 4.69) is 34.9 Å². The number of rotatable bonds is 12. The van der Waals surface area contributed by atoms with Crippen LogP contribution in [0.4, 0.5) is 4.79 Å². The van der Waals surface area contributed by atoms with Gasteiger partial charge in [0.25, 0.3) is 0 Å². The molecule has 0 aliphatic heterocycles. The van der Waals surface area contributed by atoms with Gasteiger partial charge in [0.1, 0.15) is 12.4 Å². The predicted octanol–water partition coefficient (Wildman–Crippen LogP) is 5.69. The highest BCUT2D eigenvalue weighted by molar-refractivity contribution is 7.84. The fourth-order valence-electron chi connectivity index (χ4n) is 5.55. The Hall–Kier alpha value is -4.28. The van der Waals surface area contributed by atoms with Gasteiger partial charge in [-0.25, -0.2) is 4.79 Å². The molecule has 5 rings (SSSR count). The molecule has 1 aliphatic carbocycles. The molecule has 8 nitrogen and oxygen atoms in total. The first-order valence-electron chi connectivity index (χ1n) is 14.6. The minimum Gasteiger partial charge on any atom is -0.493 e. The van der Waals surface area contributed by atoms with Crippen molar-refractivity contribution in [2.45, 2.75) is 34.6 Å². The van der Waals surface area contributed by atoms with Crippen LogP contribution in [0.5, 0.6) is 5.75 Å². The Morgan fingerprint density at radius 2 is 1.42 bits per heavy atom. The highest BCUT2D eigenvalue weighted by atomic mass is 32.2. The van der Waals surface area contributed by atoms with E-state index in [0.29, 0.717) is 33.9 Å². The molecule has 2 N–H and O–H groups in total. The van der Waals surface area contributed by atoms with Gasteiger partial charge in [0.15, 0.2) is 0 Å². The zero-order valence-electron chi connectivity index (χ0n) is 25.4. The second-order valence-corrected chi connectivity index (χ2v) is 13.5. The van der Waals surface area contributed by atoms with E-state index >= 15 is 0 Å². The van der Waals surface area contributed by atoms with E-state index in [4.69, 9.17) is 9.47 Å². The zero-order chi connectivity index (χ0) is 31.9. The SMILES string of the molecule is CNC(=O)CCCOc1cc(S(C)=O)ccc1C(NC(=O)OCC1c2ccccc2-c2ccccc21)c1ccc(S(C)=O)cc1. The molecule has 10 heteroatoms. The van der Waals surface area contributed by atoms with Gasteiger partial charge in [-0.1, -0.05) is 66.7 Å². The third-order valence-electron chi connectivity index (χ3n) is 7.86. The maximum atomic E-state index is 13.5. The lowest BCUT2D eigenvalue weighted by Crippen LogP contribution is -2.31. The number of alkyl carbamates (subject to hydrolysis) is 1. The van der Waals surface area contributed by atoms with Crippen LogP contribution >= 0.6 is 0 Å². The highest BCUT2D eigenvalue weighted by Crippen LogP contribution is 2.44. The summed E-state index contributed by atoms with van der Waals surface area (Å²) in [5.41, 5.74) is 5.85. The van der Waals surface area contributed by atoms with Crippen molar-refractivity contribution in [3.8, 4) is 16.9 Å². The number of nitrogens with one attached hydrogen (secondary N) is 2. The maximum absolute atomic E-state index is 13.5. The summed E-state index contributed by atoms with van der Waals surface area (Å²) in [6.07, 6.45) is 3.34. The average Bonchev–Trinajstić information content (AvgIpc) is 3.38. The van der Waals surface area contributed by atoms with Gasteiger partial charge in [-0.3, -0.25) is 13.2 Å². The Kier molecular flexibility index (Phi) is 10.5. The molecule has 0 saturated heterocycles. The van der Waals surface area contributed by atoms with Gasteiger partial charge in [0, 0.05) is 68.9 Å². The summed E-state index contributed by atoms with van der Waals surface area (Å²) in [4.78, 5) is 26.4. The molecule has 0 fully saturated rings. The van der Waals surface area contributed by atoms with Crippen LogP contribution < -0.4 is 15.4 Å². The van der Waals surface area contributed by atoms with Crippen molar-refractivity contribution >= 4 is 33.6 Å². The Morgan fingerprint density at radius 3 is 2.02 bits per heavy atom. The number of carbonyl (C=O) groups excluding carboxylic acids is 2. The second kappa shape index (κ2) is 14.7. The quantitative estimate of drug-likeness (QED) is 0.192. The first-order valence-corrected chi connectivity index (χ1v) is 17.7. The zero-order valence-corrected chi connectivity index (χ0v) is 27.0. The Bertz CT molecular complexity index is 1700. The minimum atomic E-state index is -1.27. The molecule has 2 amide bonds. The molecule has 0 spiro atoms. The number of hydrogen-bond acceptors (Lipinski definition) is 6. The van der Waals surface area contributed by atoms with Gasteiger partial charge >= 0.3 is 6.09 Å². The van der Waals surface area contributed by atoms with Crippen LogP contribution in [0.15, 0.2) is 101 Å². The fraction of sp³-hybridized carbons (Fsp3) is 0.257. The fourth-order valence-corrected chi connectivity index (χ4v) is 6.60. The molecule has 4 aromatic carbocycles. The van der Waals surface area contributed by atoms with E-state index in [0.717, 1.165) is 27.8 Å². The Labute approximate surface area is 268 Å². The van der Waals surface area contributed by atoms with Gasteiger partial charge in [0.05, 0.1) is 12.6 Å². The number of ether oxygens (including phenoxy) is 2. The third kappa shape index (κ3) is 7.51. The van der Waals surface area contributed by atoms with Crippen LogP contribution in [0.25, 0.3) is 11.1 Å². The lowest BCUT2D eigenvalue weighted by molar-refractivity contribution is -0.120. The predicted molar refractivity (Wildman–Crippen MR) is 176 cm³/mol. The summed E-state index contributed by atoms with van der Waals surface area (Å²) in [6, 6.07) is 28.0. The third-order valence-corrected chi connectivity index (χ3v) is 9.72. The number of hydrogen-bond donors (Lipinski definition) is 2. The summed E-state index contributed by atoms with van der Waals surface area (Å²) in [6.45, 7) is 0.391. The van der Waals surface area contributed by atoms with Crippen molar-refractivity contribution in [2.75, 3.05) is 32.8 Å². The lowest BCUT2D eigenvalue weighted by Gasteiger charge is -2.24. The highest BCUT2D eigenvalue weighted by Gasteiger charge is 2.30. The van der Waals surface area contributed by atoms with Gasteiger partial charge in [-0.2, -0.15) is 0 Å². The molecule has 1 aliphatic rings. The second-order valence-electron chi connectivity index (χ2n) is 10.7. The molecule has 0 radical (unpaired) electrons. The van der Waals surface area contributed by atoms with Crippen LogP contribution in [0.1, 0.15) is 47.1 Å². The molecule has 0 aromatic heterocycles. The van der Waals surface area contributed by atoms with Gasteiger partial charge < -0.3 is 20.1 Å². The van der Waals surface area contributed by atoms with Gasteiger partial charge in [-0.05, 0) is 58.5 Å². The largest absolute Gasteiger partial charge is 0.493 e. The molecule has 4 aromatic rings. The van der Waals surface area contributed by atoms with E-state index in [9.17, 15) is 18.0 Å². The van der Waals surface area contributed by atoms with Crippen LogP contribution in [-0.4, -0.2) is 53.2 Å². The number of fused-ring (bicyclic) bond motifs is 3. The van der Waals surface area contributed by atoms with Crippen LogP contribution in [0.2, 0.25) is 0 Å². The normalized spacial score (nSPS) is 14.0. The van der Waals surface area contributed by atoms with Crippen molar-refractivity contribution in [1.29, 1.82) is 0 Å². The maximum Gasteiger partial charge on any atom is 0.407 e.